The molecule has 33 heavy (non-hydrogen) atoms. The number of thiophene rings is 1. The minimum Gasteiger partial charge on any atom is -0.457 e. The van der Waals surface area contributed by atoms with Crippen LogP contribution in [-0.4, -0.2) is 54.7 Å². The maximum Gasteiger partial charge on any atom is 0.309 e. The lowest BCUT2D eigenvalue weighted by Gasteiger charge is -2.30. The molecular weight excluding hydrogens is 440 g/mol. The van der Waals surface area contributed by atoms with E-state index in [-0.39, 0.29) is 30.1 Å². The van der Waals surface area contributed by atoms with Gasteiger partial charge in [-0.15, -0.1) is 11.3 Å². The summed E-state index contributed by atoms with van der Waals surface area (Å²) in [4.78, 5) is 51.3. The molecule has 0 atom stereocenters. The van der Waals surface area contributed by atoms with Crippen molar-refractivity contribution in [1.29, 1.82) is 0 Å². The second-order valence-electron chi connectivity index (χ2n) is 7.87. The number of ether oxygens (including phenoxy) is 1. The van der Waals surface area contributed by atoms with E-state index in [1.165, 1.54) is 18.3 Å². The van der Waals surface area contributed by atoms with Crippen molar-refractivity contribution in [3.63, 3.8) is 0 Å². The second kappa shape index (κ2) is 12.1. The summed E-state index contributed by atoms with van der Waals surface area (Å²) in [5, 5.41) is 2.72. The van der Waals surface area contributed by atoms with Crippen molar-refractivity contribution in [3.8, 4) is 0 Å². The highest BCUT2D eigenvalue weighted by atomic mass is 32.1. The molecule has 2 amide bonds. The summed E-state index contributed by atoms with van der Waals surface area (Å²) < 4.78 is 5.26. The molecule has 1 saturated heterocycles. The van der Waals surface area contributed by atoms with Crippen LogP contribution in [0.3, 0.4) is 0 Å². The van der Waals surface area contributed by atoms with E-state index in [9.17, 15) is 19.2 Å². The molecule has 0 bridgehead atoms. The van der Waals surface area contributed by atoms with Gasteiger partial charge in [-0.05, 0) is 43.0 Å². The Labute approximate surface area is 197 Å². The number of Topliss-reactive ketones (excluding diaryl/α,β-unsaturated/α-hetero) is 1. The third kappa shape index (κ3) is 7.68. The number of nitrogens with one attached hydrogen (secondary N) is 1. The van der Waals surface area contributed by atoms with Gasteiger partial charge in [0, 0.05) is 37.5 Å². The number of ketones is 1. The average molecular weight is 469 g/mol. The summed E-state index contributed by atoms with van der Waals surface area (Å²) in [5.74, 6) is -1.10. The molecule has 1 aromatic heterocycles. The number of rotatable bonds is 9. The number of nitrogens with zero attached hydrogens (tertiary/aromatic N) is 1. The molecule has 0 spiro atoms. The van der Waals surface area contributed by atoms with Crippen molar-refractivity contribution in [1.82, 2.24) is 10.2 Å². The van der Waals surface area contributed by atoms with E-state index >= 15 is 0 Å². The molecule has 1 aliphatic heterocycles. The minimum atomic E-state index is -0.391. The zero-order chi connectivity index (χ0) is 23.6. The van der Waals surface area contributed by atoms with E-state index in [0.717, 1.165) is 10.4 Å². The Hall–Kier alpha value is -3.26. The summed E-state index contributed by atoms with van der Waals surface area (Å²) in [6.07, 6.45) is 5.02. The van der Waals surface area contributed by atoms with Gasteiger partial charge in [0.15, 0.2) is 6.61 Å². The molecule has 0 aliphatic carbocycles. The Balaban J connectivity index is 1.39. The van der Waals surface area contributed by atoms with Gasteiger partial charge < -0.3 is 15.0 Å². The number of carbonyl (C=O) groups excluding carboxylic acids is 4. The van der Waals surface area contributed by atoms with Crippen LogP contribution in [0.1, 0.15) is 39.9 Å². The van der Waals surface area contributed by atoms with Crippen molar-refractivity contribution in [3.05, 3.63) is 63.9 Å². The van der Waals surface area contributed by atoms with Gasteiger partial charge in [-0.3, -0.25) is 19.2 Å². The van der Waals surface area contributed by atoms with E-state index < -0.39 is 5.97 Å². The molecule has 174 valence electrons. The molecule has 0 saturated carbocycles. The molecule has 2 heterocycles. The molecule has 0 unspecified atom stereocenters. The predicted octanol–water partition coefficient (Wildman–Crippen LogP) is 3.10. The quantitative estimate of drug-likeness (QED) is 0.347. The van der Waals surface area contributed by atoms with E-state index in [2.05, 4.69) is 5.32 Å². The van der Waals surface area contributed by atoms with Crippen LogP contribution in [0.5, 0.6) is 0 Å². The van der Waals surface area contributed by atoms with Gasteiger partial charge in [0.25, 0.3) is 0 Å². The summed E-state index contributed by atoms with van der Waals surface area (Å²) in [6, 6.07) is 13.2. The summed E-state index contributed by atoms with van der Waals surface area (Å²) in [7, 11) is 0. The number of esters is 1. The van der Waals surface area contributed by atoms with Crippen LogP contribution < -0.4 is 5.32 Å². The van der Waals surface area contributed by atoms with Crippen molar-refractivity contribution >= 4 is 41.0 Å². The topological polar surface area (TPSA) is 92.8 Å². The maximum atomic E-state index is 12.4. The number of amides is 2. The van der Waals surface area contributed by atoms with Crippen LogP contribution in [0.2, 0.25) is 0 Å². The van der Waals surface area contributed by atoms with E-state index in [1.807, 2.05) is 36.4 Å². The fraction of sp³-hybridized carbons (Fsp3) is 0.360. The normalized spacial score (nSPS) is 14.3. The van der Waals surface area contributed by atoms with Crippen LogP contribution in [0, 0.1) is 5.92 Å². The first-order valence-corrected chi connectivity index (χ1v) is 11.8. The van der Waals surface area contributed by atoms with Crippen LogP contribution in [0.25, 0.3) is 6.08 Å². The summed E-state index contributed by atoms with van der Waals surface area (Å²) in [5.41, 5.74) is 0.958. The lowest BCUT2D eigenvalue weighted by Crippen LogP contribution is -2.40. The molecule has 1 aromatic carbocycles. The first-order chi connectivity index (χ1) is 15.9. The SMILES string of the molecule is CC(=O)NCCc1ccc(C(=O)COC(=O)C2CCN(C(=O)/C=C/c3ccccc3)CC2)s1. The van der Waals surface area contributed by atoms with Crippen molar-refractivity contribution < 1.29 is 23.9 Å². The number of likely N-dealkylation sites (tertiary alicyclic amines) is 1. The predicted molar refractivity (Wildman–Crippen MR) is 127 cm³/mol. The van der Waals surface area contributed by atoms with Crippen molar-refractivity contribution in [2.45, 2.75) is 26.2 Å². The summed E-state index contributed by atoms with van der Waals surface area (Å²) >= 11 is 1.34. The fourth-order valence-corrected chi connectivity index (χ4v) is 4.45. The number of benzene rings is 1. The van der Waals surface area contributed by atoms with E-state index in [0.29, 0.717) is 43.8 Å². The largest absolute Gasteiger partial charge is 0.457 e. The zero-order valence-corrected chi connectivity index (χ0v) is 19.4. The van der Waals surface area contributed by atoms with Crippen LogP contribution in [-0.2, 0) is 25.5 Å². The Bertz CT molecular complexity index is 1010. The maximum absolute atomic E-state index is 12.4. The minimum absolute atomic E-state index is 0.0761. The van der Waals surface area contributed by atoms with Gasteiger partial charge >= 0.3 is 5.97 Å². The Kier molecular flexibility index (Phi) is 8.95. The van der Waals surface area contributed by atoms with Crippen LogP contribution in [0.4, 0.5) is 0 Å². The van der Waals surface area contributed by atoms with Crippen LogP contribution >= 0.6 is 11.3 Å². The molecule has 1 N–H and O–H groups in total. The van der Waals surface area contributed by atoms with E-state index in [4.69, 9.17) is 4.74 Å². The van der Waals surface area contributed by atoms with Gasteiger partial charge in [0.1, 0.15) is 0 Å². The van der Waals surface area contributed by atoms with E-state index in [1.54, 1.807) is 23.1 Å². The number of hydrogen-bond acceptors (Lipinski definition) is 6. The molecule has 1 aliphatic rings. The van der Waals surface area contributed by atoms with Crippen LogP contribution in [0.15, 0.2) is 48.5 Å². The molecule has 1 fully saturated rings. The van der Waals surface area contributed by atoms with Gasteiger partial charge in [-0.25, -0.2) is 0 Å². The Morgan fingerprint density at radius 2 is 1.82 bits per heavy atom. The Morgan fingerprint density at radius 1 is 1.09 bits per heavy atom. The lowest BCUT2D eigenvalue weighted by molar-refractivity contribution is -0.150. The fourth-order valence-electron chi connectivity index (χ4n) is 3.52. The molecule has 8 heteroatoms. The first-order valence-electron chi connectivity index (χ1n) is 11.0. The average Bonchev–Trinajstić information content (AvgIpc) is 3.30. The van der Waals surface area contributed by atoms with Gasteiger partial charge in [0.05, 0.1) is 10.8 Å². The highest BCUT2D eigenvalue weighted by molar-refractivity contribution is 7.14. The molecular formula is C25H28N2O5S. The highest BCUT2D eigenvalue weighted by Crippen LogP contribution is 2.21. The third-order valence-corrected chi connectivity index (χ3v) is 6.57. The highest BCUT2D eigenvalue weighted by Gasteiger charge is 2.28. The third-order valence-electron chi connectivity index (χ3n) is 5.39. The monoisotopic (exact) mass is 468 g/mol. The molecule has 7 nitrogen and oxygen atoms in total. The number of piperidine rings is 1. The molecule has 2 aromatic rings. The smallest absolute Gasteiger partial charge is 0.309 e. The number of hydrogen-bond donors (Lipinski definition) is 1. The zero-order valence-electron chi connectivity index (χ0n) is 18.6. The standard InChI is InChI=1S/C25H28N2O5S/c1-18(28)26-14-11-21-8-9-23(33-21)22(29)17-32-25(31)20-12-15-27(16-13-20)24(30)10-7-19-5-3-2-4-6-19/h2-10,20H,11-17H2,1H3,(H,26,28)/b10-7+. The lowest BCUT2D eigenvalue weighted by atomic mass is 9.97. The Morgan fingerprint density at radius 3 is 2.52 bits per heavy atom. The van der Waals surface area contributed by atoms with Gasteiger partial charge in [0.2, 0.25) is 17.6 Å². The van der Waals surface area contributed by atoms with Gasteiger partial charge in [-0.1, -0.05) is 30.3 Å². The molecule has 0 radical (unpaired) electrons. The first kappa shape index (κ1) is 24.4. The van der Waals surface area contributed by atoms with Crippen molar-refractivity contribution in [2.75, 3.05) is 26.2 Å². The summed E-state index contributed by atoms with van der Waals surface area (Å²) in [6.45, 7) is 2.65. The van der Waals surface area contributed by atoms with Crippen molar-refractivity contribution in [2.24, 2.45) is 5.92 Å². The van der Waals surface area contributed by atoms with Gasteiger partial charge in [-0.2, -0.15) is 0 Å². The molecule has 3 rings (SSSR count). The second-order valence-corrected chi connectivity index (χ2v) is 9.04. The number of carbonyl (C=O) groups is 4.